The number of ether oxygens (including phenoxy) is 2. The molecule has 2 aromatic heterocycles. The van der Waals surface area contributed by atoms with Gasteiger partial charge in [0.25, 0.3) is 0 Å². The van der Waals surface area contributed by atoms with Crippen molar-refractivity contribution in [2.75, 3.05) is 14.2 Å². The maximum Gasteiger partial charge on any atom is 0.416 e. The van der Waals surface area contributed by atoms with E-state index in [1.165, 1.54) is 20.3 Å². The van der Waals surface area contributed by atoms with Crippen LogP contribution < -0.4 is 0 Å². The number of alkyl halides is 3. The van der Waals surface area contributed by atoms with Gasteiger partial charge in [-0.25, -0.2) is 0 Å². The fourth-order valence-electron chi connectivity index (χ4n) is 8.18. The number of methoxy groups -OCH3 is 2. The van der Waals surface area contributed by atoms with Gasteiger partial charge in [-0.05, 0) is 40.5 Å². The highest BCUT2D eigenvalue weighted by atomic mass is 19.4. The van der Waals surface area contributed by atoms with Gasteiger partial charge in [0.05, 0.1) is 25.5 Å². The van der Waals surface area contributed by atoms with E-state index >= 15 is 0 Å². The van der Waals surface area contributed by atoms with Gasteiger partial charge in [0, 0.05) is 59.0 Å². The second-order valence-corrected chi connectivity index (χ2v) is 13.0. The number of halogens is 3. The van der Waals surface area contributed by atoms with Crippen LogP contribution in [-0.2, 0) is 38.7 Å². The quantitative estimate of drug-likeness (QED) is 0.134. The van der Waals surface area contributed by atoms with Crippen molar-refractivity contribution in [3.63, 3.8) is 0 Å². The van der Waals surface area contributed by atoms with E-state index in [9.17, 15) is 22.8 Å². The number of furan rings is 1. The number of rotatable bonds is 5. The smallest absolute Gasteiger partial charge is 0.416 e. The molecule has 1 atom stereocenters. The van der Waals surface area contributed by atoms with Gasteiger partial charge >= 0.3 is 18.1 Å². The van der Waals surface area contributed by atoms with E-state index in [2.05, 4.69) is 0 Å². The standard InChI is InChI=1S/C42H32F3NO5/c1-46-30-20-11-10-19-28(30)35-33(24-13-6-4-7-14-24)36-34-29(32(37(35)46)26-17-12-18-27(21-26)42(43,44)45)22-41(39(47)49-2,40(48)50-3)23-31(34)51-38(36)25-15-8-5-9-16-25/h4-21,33H,22-23H2,1-3H3. The molecule has 2 aliphatic carbocycles. The van der Waals surface area contributed by atoms with Crippen molar-refractivity contribution in [2.45, 2.75) is 24.9 Å². The number of fused-ring (bicyclic) bond motifs is 3. The van der Waals surface area contributed by atoms with Crippen LogP contribution in [0.3, 0.4) is 0 Å². The Morgan fingerprint density at radius 2 is 1.41 bits per heavy atom. The van der Waals surface area contributed by atoms with Crippen molar-refractivity contribution >= 4 is 34.0 Å². The van der Waals surface area contributed by atoms with Gasteiger partial charge in [0.15, 0.2) is 5.41 Å². The zero-order valence-electron chi connectivity index (χ0n) is 28.0. The van der Waals surface area contributed by atoms with Crippen LogP contribution in [0, 0.1) is 5.41 Å². The molecule has 2 aliphatic rings. The summed E-state index contributed by atoms with van der Waals surface area (Å²) in [7, 11) is 4.30. The molecule has 8 rings (SSSR count). The molecule has 6 nitrogen and oxygen atoms in total. The second-order valence-electron chi connectivity index (χ2n) is 13.0. The zero-order valence-corrected chi connectivity index (χ0v) is 28.0. The topological polar surface area (TPSA) is 70.7 Å². The minimum Gasteiger partial charge on any atom is -0.468 e. The highest BCUT2D eigenvalue weighted by Gasteiger charge is 2.56. The third-order valence-corrected chi connectivity index (χ3v) is 10.3. The predicted molar refractivity (Wildman–Crippen MR) is 187 cm³/mol. The summed E-state index contributed by atoms with van der Waals surface area (Å²) in [5.41, 5.74) is 4.14. The summed E-state index contributed by atoms with van der Waals surface area (Å²) in [4.78, 5) is 27.7. The SMILES string of the molecule is COC(=O)C1(C(=O)OC)CC2=C(c3cccc(C(F)(F)F)c3)c3c(c4ccccc4n3C)C(c3ccccc3)c3c(-c4ccccc4)oc(c32)C1. The number of aryl methyl sites for hydroxylation is 1. The molecular weight excluding hydrogens is 655 g/mol. The summed E-state index contributed by atoms with van der Waals surface area (Å²) in [6.07, 6.45) is -4.99. The lowest BCUT2D eigenvalue weighted by Crippen LogP contribution is -2.45. The molecular formula is C42H32F3NO5. The van der Waals surface area contributed by atoms with Crippen molar-refractivity contribution in [1.82, 2.24) is 4.57 Å². The first kappa shape index (κ1) is 32.4. The van der Waals surface area contributed by atoms with Gasteiger partial charge in [-0.1, -0.05) is 91.0 Å². The third-order valence-electron chi connectivity index (χ3n) is 10.3. The first-order valence-electron chi connectivity index (χ1n) is 16.5. The molecule has 0 radical (unpaired) electrons. The first-order chi connectivity index (χ1) is 24.6. The first-order valence-corrected chi connectivity index (χ1v) is 16.5. The number of aromatic nitrogens is 1. The van der Waals surface area contributed by atoms with Crippen LogP contribution in [0.1, 0.15) is 57.2 Å². The van der Waals surface area contributed by atoms with Crippen LogP contribution in [0.25, 0.3) is 33.4 Å². The van der Waals surface area contributed by atoms with Gasteiger partial charge in [-0.2, -0.15) is 13.2 Å². The Morgan fingerprint density at radius 1 is 0.784 bits per heavy atom. The number of allylic oxidation sites excluding steroid dienone is 1. The Bertz CT molecular complexity index is 2370. The number of carbonyl (C=O) groups excluding carboxylic acids is 2. The summed E-state index contributed by atoms with van der Waals surface area (Å²) in [6, 6.07) is 32.6. The zero-order chi connectivity index (χ0) is 35.7. The van der Waals surface area contributed by atoms with Gasteiger partial charge in [0.2, 0.25) is 0 Å². The molecule has 2 heterocycles. The lowest BCUT2D eigenvalue weighted by molar-refractivity contribution is -0.169. The molecule has 6 aromatic rings. The van der Waals surface area contributed by atoms with E-state index < -0.39 is 35.0 Å². The van der Waals surface area contributed by atoms with Crippen LogP contribution in [0.5, 0.6) is 0 Å². The number of carbonyl (C=O) groups is 2. The third kappa shape index (κ3) is 4.86. The van der Waals surface area contributed by atoms with Gasteiger partial charge in [0.1, 0.15) is 11.5 Å². The number of hydrogen-bond acceptors (Lipinski definition) is 5. The van der Waals surface area contributed by atoms with Gasteiger partial charge in [-0.3, -0.25) is 9.59 Å². The highest BCUT2D eigenvalue weighted by molar-refractivity contribution is 6.11. The number of para-hydroxylation sites is 1. The minimum atomic E-state index is -4.62. The molecule has 0 amide bonds. The average Bonchev–Trinajstić information content (AvgIpc) is 3.62. The molecule has 0 saturated heterocycles. The van der Waals surface area contributed by atoms with Crippen LogP contribution in [0.2, 0.25) is 0 Å². The van der Waals surface area contributed by atoms with E-state index in [0.717, 1.165) is 45.3 Å². The Hall–Kier alpha value is -5.83. The minimum absolute atomic E-state index is 0.167. The van der Waals surface area contributed by atoms with Crippen LogP contribution >= 0.6 is 0 Å². The molecule has 0 spiro atoms. The van der Waals surface area contributed by atoms with E-state index in [4.69, 9.17) is 13.9 Å². The Labute approximate surface area is 291 Å². The Morgan fingerprint density at radius 3 is 2.08 bits per heavy atom. The molecule has 0 N–H and O–H groups in total. The molecule has 256 valence electrons. The lowest BCUT2D eigenvalue weighted by Gasteiger charge is -2.34. The molecule has 0 fully saturated rings. The fraction of sp³-hybridized carbons (Fsp3) is 0.190. The number of nitrogens with zero attached hydrogens (tertiary/aromatic N) is 1. The molecule has 0 saturated carbocycles. The summed E-state index contributed by atoms with van der Waals surface area (Å²) >= 11 is 0. The Kier molecular flexibility index (Phi) is 7.56. The molecule has 0 bridgehead atoms. The van der Waals surface area contributed by atoms with Crippen molar-refractivity contribution < 1.29 is 36.7 Å². The summed E-state index contributed by atoms with van der Waals surface area (Å²) in [5, 5.41) is 0.911. The Balaban J connectivity index is 1.63. The lowest BCUT2D eigenvalue weighted by atomic mass is 9.68. The van der Waals surface area contributed by atoms with Crippen molar-refractivity contribution in [3.05, 3.63) is 154 Å². The molecule has 1 unspecified atom stereocenters. The van der Waals surface area contributed by atoms with Gasteiger partial charge in [-0.15, -0.1) is 0 Å². The largest absolute Gasteiger partial charge is 0.468 e. The van der Waals surface area contributed by atoms with E-state index in [-0.39, 0.29) is 18.4 Å². The maximum absolute atomic E-state index is 14.4. The van der Waals surface area contributed by atoms with Crippen LogP contribution in [0.4, 0.5) is 13.2 Å². The van der Waals surface area contributed by atoms with Crippen LogP contribution in [-0.4, -0.2) is 30.7 Å². The summed E-state index contributed by atoms with van der Waals surface area (Å²) < 4.78 is 62.6. The monoisotopic (exact) mass is 687 g/mol. The molecule has 51 heavy (non-hydrogen) atoms. The predicted octanol–water partition coefficient (Wildman–Crippen LogP) is 9.19. The number of hydrogen-bond donors (Lipinski definition) is 0. The van der Waals surface area contributed by atoms with Crippen molar-refractivity contribution in [2.24, 2.45) is 12.5 Å². The second kappa shape index (κ2) is 11.9. The molecule has 9 heteroatoms. The average molecular weight is 688 g/mol. The molecule has 0 aliphatic heterocycles. The van der Waals surface area contributed by atoms with Gasteiger partial charge < -0.3 is 18.5 Å². The maximum atomic E-state index is 14.4. The highest BCUT2D eigenvalue weighted by Crippen LogP contribution is 2.59. The summed E-state index contributed by atoms with van der Waals surface area (Å²) in [5.74, 6) is -1.21. The van der Waals surface area contributed by atoms with E-state index in [1.807, 2.05) is 96.5 Å². The van der Waals surface area contributed by atoms with Crippen molar-refractivity contribution in [1.29, 1.82) is 0 Å². The normalized spacial score (nSPS) is 16.3. The van der Waals surface area contributed by atoms with Crippen molar-refractivity contribution in [3.8, 4) is 11.3 Å². The van der Waals surface area contributed by atoms with E-state index in [1.54, 1.807) is 6.07 Å². The number of esters is 2. The fourth-order valence-corrected chi connectivity index (χ4v) is 8.18. The van der Waals surface area contributed by atoms with E-state index in [0.29, 0.717) is 33.9 Å². The summed E-state index contributed by atoms with van der Waals surface area (Å²) in [6.45, 7) is 0. The number of benzene rings is 4. The van der Waals surface area contributed by atoms with Crippen LogP contribution in [0.15, 0.2) is 114 Å². The molecule has 4 aromatic carbocycles.